The van der Waals surface area contributed by atoms with Gasteiger partial charge in [0.2, 0.25) is 0 Å². The second kappa shape index (κ2) is 7.66. The molecule has 0 amide bonds. The number of thiocarbonyl (C=S) groups is 1. The van der Waals surface area contributed by atoms with Gasteiger partial charge in [-0.05, 0) is 29.9 Å². The van der Waals surface area contributed by atoms with Gasteiger partial charge in [-0.25, -0.2) is 9.97 Å². The highest BCUT2D eigenvalue weighted by molar-refractivity contribution is 7.80. The molecule has 6 heteroatoms. The smallest absolute Gasteiger partial charge is 0.169 e. The Balaban J connectivity index is 1.37. The second-order valence-electron chi connectivity index (χ2n) is 6.33. The van der Waals surface area contributed by atoms with Crippen LogP contribution < -0.4 is 10.2 Å². The summed E-state index contributed by atoms with van der Waals surface area (Å²) in [7, 11) is 0. The van der Waals surface area contributed by atoms with Crippen LogP contribution in [0.4, 0.5) is 5.82 Å². The summed E-state index contributed by atoms with van der Waals surface area (Å²) in [6, 6.07) is 18.5. The topological polar surface area (TPSA) is 44.3 Å². The second-order valence-corrected chi connectivity index (χ2v) is 6.72. The third kappa shape index (κ3) is 3.60. The molecular weight excluding hydrogens is 342 g/mol. The van der Waals surface area contributed by atoms with Gasteiger partial charge in [-0.2, -0.15) is 0 Å². The molecule has 0 saturated carbocycles. The largest absolute Gasteiger partial charge is 0.358 e. The molecule has 26 heavy (non-hydrogen) atoms. The fraction of sp³-hybridized carbons (Fsp3) is 0.250. The molecule has 1 aromatic heterocycles. The number of hydrogen-bond donors (Lipinski definition) is 1. The normalized spacial score (nSPS) is 14.5. The van der Waals surface area contributed by atoms with Gasteiger partial charge in [0.15, 0.2) is 5.11 Å². The Hall–Kier alpha value is -2.73. The summed E-state index contributed by atoms with van der Waals surface area (Å²) in [6.45, 7) is 4.33. The van der Waals surface area contributed by atoms with Gasteiger partial charge in [0, 0.05) is 38.1 Å². The van der Waals surface area contributed by atoms with Gasteiger partial charge in [0.05, 0.1) is 5.52 Å². The van der Waals surface area contributed by atoms with E-state index in [0.29, 0.717) is 0 Å². The van der Waals surface area contributed by atoms with Crippen LogP contribution >= 0.6 is 12.2 Å². The van der Waals surface area contributed by atoms with Crippen molar-refractivity contribution >= 4 is 34.1 Å². The lowest BCUT2D eigenvalue weighted by Gasteiger charge is -2.37. The lowest BCUT2D eigenvalue weighted by molar-refractivity contribution is 0.379. The van der Waals surface area contributed by atoms with Gasteiger partial charge in [0.25, 0.3) is 0 Å². The molecule has 1 aliphatic rings. The number of anilines is 1. The number of fused-ring (bicyclic) bond motifs is 1. The maximum absolute atomic E-state index is 5.58. The van der Waals surface area contributed by atoms with E-state index in [2.05, 4.69) is 43.3 Å². The predicted octanol–water partition coefficient (Wildman–Crippen LogP) is 2.83. The van der Waals surface area contributed by atoms with Gasteiger partial charge in [-0.15, -0.1) is 0 Å². The summed E-state index contributed by atoms with van der Waals surface area (Å²) in [4.78, 5) is 13.4. The number of hydrogen-bond acceptors (Lipinski definition) is 4. The Morgan fingerprint density at radius 3 is 2.46 bits per heavy atom. The van der Waals surface area contributed by atoms with Crippen LogP contribution in [0.25, 0.3) is 10.9 Å². The molecule has 0 radical (unpaired) electrons. The first-order valence-corrected chi connectivity index (χ1v) is 9.23. The third-order valence-corrected chi connectivity index (χ3v) is 5.08. The summed E-state index contributed by atoms with van der Waals surface area (Å²) in [5.74, 6) is 1.01. The van der Waals surface area contributed by atoms with Crippen LogP contribution in [0.3, 0.4) is 0 Å². The Labute approximate surface area is 158 Å². The summed E-state index contributed by atoms with van der Waals surface area (Å²) in [5.41, 5.74) is 2.22. The highest BCUT2D eigenvalue weighted by Gasteiger charge is 2.21. The number of para-hydroxylation sites is 1. The molecule has 2 aromatic carbocycles. The molecule has 0 bridgehead atoms. The number of nitrogens with zero attached hydrogens (tertiary/aromatic N) is 4. The monoisotopic (exact) mass is 363 g/mol. The van der Waals surface area contributed by atoms with Gasteiger partial charge in [-0.1, -0.05) is 42.5 Å². The van der Waals surface area contributed by atoms with Crippen LogP contribution in [0.2, 0.25) is 0 Å². The fourth-order valence-electron chi connectivity index (χ4n) is 3.25. The van der Waals surface area contributed by atoms with Crippen LogP contribution in [-0.2, 0) is 6.54 Å². The van der Waals surface area contributed by atoms with Crippen molar-refractivity contribution in [2.45, 2.75) is 6.54 Å². The molecule has 0 aliphatic carbocycles. The number of aromatic nitrogens is 2. The molecule has 132 valence electrons. The summed E-state index contributed by atoms with van der Waals surface area (Å²) < 4.78 is 0. The zero-order chi connectivity index (χ0) is 17.8. The molecule has 1 fully saturated rings. The molecule has 0 unspecified atom stereocenters. The van der Waals surface area contributed by atoms with Crippen molar-refractivity contribution in [2.75, 3.05) is 31.1 Å². The Kier molecular flexibility index (Phi) is 4.93. The maximum Gasteiger partial charge on any atom is 0.169 e. The van der Waals surface area contributed by atoms with Crippen molar-refractivity contribution < 1.29 is 0 Å². The van der Waals surface area contributed by atoms with Crippen molar-refractivity contribution in [3.8, 4) is 0 Å². The number of rotatable bonds is 3. The highest BCUT2D eigenvalue weighted by atomic mass is 32.1. The van der Waals surface area contributed by atoms with Crippen molar-refractivity contribution in [3.05, 3.63) is 66.5 Å². The van der Waals surface area contributed by atoms with E-state index in [1.165, 1.54) is 5.56 Å². The first-order valence-electron chi connectivity index (χ1n) is 8.83. The van der Waals surface area contributed by atoms with E-state index in [4.69, 9.17) is 12.2 Å². The number of piperazine rings is 1. The molecule has 1 N–H and O–H groups in total. The van der Waals surface area contributed by atoms with E-state index in [1.807, 2.05) is 36.4 Å². The molecule has 1 aliphatic heterocycles. The van der Waals surface area contributed by atoms with Crippen LogP contribution in [0.5, 0.6) is 0 Å². The van der Waals surface area contributed by atoms with Crippen molar-refractivity contribution in [1.82, 2.24) is 20.2 Å². The SMILES string of the molecule is S=C(NCc1ccccc1)N1CCN(c2ncnc3ccccc23)CC1. The van der Waals surface area contributed by atoms with Gasteiger partial charge in [-0.3, -0.25) is 0 Å². The highest BCUT2D eigenvalue weighted by Crippen LogP contribution is 2.23. The first kappa shape index (κ1) is 16.7. The standard InChI is InChI=1S/C20H21N5S/c26-20(21-14-16-6-2-1-3-7-16)25-12-10-24(11-13-25)19-17-8-4-5-9-18(17)22-15-23-19/h1-9,15H,10-14H2,(H,21,26). The minimum absolute atomic E-state index is 0.760. The average molecular weight is 363 g/mol. The fourth-order valence-corrected chi connectivity index (χ4v) is 3.50. The van der Waals surface area contributed by atoms with E-state index in [-0.39, 0.29) is 0 Å². The summed E-state index contributed by atoms with van der Waals surface area (Å²) >= 11 is 5.58. The molecule has 3 aromatic rings. The maximum atomic E-state index is 5.58. The van der Waals surface area contributed by atoms with E-state index < -0.39 is 0 Å². The average Bonchev–Trinajstić information content (AvgIpc) is 2.72. The summed E-state index contributed by atoms with van der Waals surface area (Å²) in [6.07, 6.45) is 1.65. The molecule has 2 heterocycles. The van der Waals surface area contributed by atoms with Crippen molar-refractivity contribution in [3.63, 3.8) is 0 Å². The third-order valence-electron chi connectivity index (χ3n) is 4.67. The molecule has 0 spiro atoms. The lowest BCUT2D eigenvalue weighted by Crippen LogP contribution is -2.51. The van der Waals surface area contributed by atoms with Crippen LogP contribution in [0.15, 0.2) is 60.9 Å². The van der Waals surface area contributed by atoms with Crippen molar-refractivity contribution in [1.29, 1.82) is 0 Å². The molecule has 5 nitrogen and oxygen atoms in total. The number of nitrogens with one attached hydrogen (secondary N) is 1. The van der Waals surface area contributed by atoms with Crippen LogP contribution in [0, 0.1) is 0 Å². The predicted molar refractivity (Wildman–Crippen MR) is 109 cm³/mol. The van der Waals surface area contributed by atoms with Crippen molar-refractivity contribution in [2.24, 2.45) is 0 Å². The van der Waals surface area contributed by atoms with Crippen LogP contribution in [0.1, 0.15) is 5.56 Å². The Morgan fingerprint density at radius 1 is 0.923 bits per heavy atom. The van der Waals surface area contributed by atoms with E-state index >= 15 is 0 Å². The van der Waals surface area contributed by atoms with Gasteiger partial charge >= 0.3 is 0 Å². The molecular formula is C20H21N5S. The Bertz CT molecular complexity index is 886. The zero-order valence-corrected chi connectivity index (χ0v) is 15.3. The van der Waals surface area contributed by atoms with E-state index in [1.54, 1.807) is 6.33 Å². The lowest BCUT2D eigenvalue weighted by atomic mass is 10.2. The Morgan fingerprint density at radius 2 is 1.65 bits per heavy atom. The first-order chi connectivity index (χ1) is 12.8. The summed E-state index contributed by atoms with van der Waals surface area (Å²) in [5, 5.41) is 5.29. The number of benzene rings is 2. The minimum Gasteiger partial charge on any atom is -0.358 e. The quantitative estimate of drug-likeness (QED) is 0.722. The van der Waals surface area contributed by atoms with E-state index in [0.717, 1.165) is 54.6 Å². The van der Waals surface area contributed by atoms with Crippen LogP contribution in [-0.4, -0.2) is 46.2 Å². The molecule has 1 saturated heterocycles. The molecule has 0 atom stereocenters. The zero-order valence-electron chi connectivity index (χ0n) is 14.5. The van der Waals surface area contributed by atoms with E-state index in [9.17, 15) is 0 Å². The minimum atomic E-state index is 0.760. The van der Waals surface area contributed by atoms with Gasteiger partial charge < -0.3 is 15.1 Å². The molecule has 4 rings (SSSR count). The van der Waals surface area contributed by atoms with Gasteiger partial charge in [0.1, 0.15) is 12.1 Å².